The Kier molecular flexibility index (Phi) is 11.3. The standard InChI is InChI=1S/C14H32N4O2S/c1-5-8-9-13(6-2)12-17-14(15-7-3)16-10-11-18-21(4,19)20/h13,18H,5-12H2,1-4H3,(H2,15,16,17). The normalized spacial score (nSPS) is 14.0. The maximum Gasteiger partial charge on any atom is 0.208 e. The second kappa shape index (κ2) is 11.8. The molecule has 1 atom stereocenters. The molecule has 0 aliphatic heterocycles. The summed E-state index contributed by atoms with van der Waals surface area (Å²) >= 11 is 0. The molecule has 0 aromatic carbocycles. The highest BCUT2D eigenvalue weighted by atomic mass is 32.2. The summed E-state index contributed by atoms with van der Waals surface area (Å²) in [6, 6.07) is 0. The SMILES string of the molecule is CCCCC(CC)CN=C(NCC)NCCNS(C)(=O)=O. The molecule has 0 aliphatic rings. The first-order chi connectivity index (χ1) is 9.92. The summed E-state index contributed by atoms with van der Waals surface area (Å²) in [6.07, 6.45) is 5.97. The summed E-state index contributed by atoms with van der Waals surface area (Å²) in [6.45, 7) is 8.90. The largest absolute Gasteiger partial charge is 0.357 e. The van der Waals surface area contributed by atoms with Crippen LogP contribution in [0.5, 0.6) is 0 Å². The molecule has 6 nitrogen and oxygen atoms in total. The summed E-state index contributed by atoms with van der Waals surface area (Å²) < 4.78 is 24.4. The molecule has 7 heteroatoms. The Morgan fingerprint density at radius 2 is 1.86 bits per heavy atom. The van der Waals surface area contributed by atoms with Crippen LogP contribution in [0, 0.1) is 5.92 Å². The van der Waals surface area contributed by atoms with Crippen molar-refractivity contribution in [2.45, 2.75) is 46.5 Å². The third-order valence-corrected chi connectivity index (χ3v) is 3.91. The van der Waals surface area contributed by atoms with Gasteiger partial charge < -0.3 is 10.6 Å². The van der Waals surface area contributed by atoms with Gasteiger partial charge in [-0.15, -0.1) is 0 Å². The molecule has 0 bridgehead atoms. The summed E-state index contributed by atoms with van der Waals surface area (Å²) in [5.74, 6) is 1.37. The lowest BCUT2D eigenvalue weighted by Crippen LogP contribution is -2.41. The zero-order valence-corrected chi connectivity index (χ0v) is 14.7. The molecule has 0 saturated carbocycles. The fourth-order valence-electron chi connectivity index (χ4n) is 1.90. The highest BCUT2D eigenvalue weighted by molar-refractivity contribution is 7.88. The predicted octanol–water partition coefficient (Wildman–Crippen LogP) is 1.31. The van der Waals surface area contributed by atoms with E-state index in [9.17, 15) is 8.42 Å². The molecule has 126 valence electrons. The second-order valence-corrected chi connectivity index (χ2v) is 7.06. The molecule has 0 aromatic heterocycles. The summed E-state index contributed by atoms with van der Waals surface area (Å²) in [7, 11) is -3.12. The Bertz CT molecular complexity index is 382. The highest BCUT2D eigenvalue weighted by Crippen LogP contribution is 2.12. The van der Waals surface area contributed by atoms with E-state index in [4.69, 9.17) is 0 Å². The molecule has 0 fully saturated rings. The molecule has 0 amide bonds. The fourth-order valence-corrected chi connectivity index (χ4v) is 2.37. The molecule has 0 spiro atoms. The molecular formula is C14H32N4O2S. The van der Waals surface area contributed by atoms with Gasteiger partial charge in [-0.25, -0.2) is 13.1 Å². The monoisotopic (exact) mass is 320 g/mol. The van der Waals surface area contributed by atoms with Gasteiger partial charge in [0, 0.05) is 26.2 Å². The average molecular weight is 321 g/mol. The molecule has 0 aromatic rings. The van der Waals surface area contributed by atoms with Gasteiger partial charge in [0.05, 0.1) is 6.26 Å². The van der Waals surface area contributed by atoms with Crippen molar-refractivity contribution in [1.29, 1.82) is 0 Å². The number of hydrogen-bond donors (Lipinski definition) is 3. The van der Waals surface area contributed by atoms with Gasteiger partial charge in [-0.2, -0.15) is 0 Å². The summed E-state index contributed by atoms with van der Waals surface area (Å²) in [5, 5.41) is 6.32. The Hall–Kier alpha value is -0.820. The molecule has 0 saturated heterocycles. The molecule has 0 aliphatic carbocycles. The van der Waals surface area contributed by atoms with Gasteiger partial charge in [0.25, 0.3) is 0 Å². The van der Waals surface area contributed by atoms with Crippen LogP contribution in [0.2, 0.25) is 0 Å². The van der Waals surface area contributed by atoms with E-state index in [1.54, 1.807) is 0 Å². The fraction of sp³-hybridized carbons (Fsp3) is 0.929. The van der Waals surface area contributed by atoms with Crippen LogP contribution in [-0.2, 0) is 10.0 Å². The van der Waals surface area contributed by atoms with Crippen molar-refractivity contribution >= 4 is 16.0 Å². The number of guanidine groups is 1. The Morgan fingerprint density at radius 1 is 1.14 bits per heavy atom. The van der Waals surface area contributed by atoms with E-state index in [0.29, 0.717) is 19.0 Å². The van der Waals surface area contributed by atoms with Crippen molar-refractivity contribution < 1.29 is 8.42 Å². The van der Waals surface area contributed by atoms with Crippen molar-refractivity contribution in [2.24, 2.45) is 10.9 Å². The van der Waals surface area contributed by atoms with E-state index in [-0.39, 0.29) is 0 Å². The van der Waals surface area contributed by atoms with E-state index in [1.165, 1.54) is 19.3 Å². The van der Waals surface area contributed by atoms with Crippen LogP contribution in [0.1, 0.15) is 46.5 Å². The minimum Gasteiger partial charge on any atom is -0.357 e. The van der Waals surface area contributed by atoms with E-state index >= 15 is 0 Å². The number of hydrogen-bond acceptors (Lipinski definition) is 3. The molecule has 1 unspecified atom stereocenters. The minimum absolute atomic E-state index is 0.357. The van der Waals surface area contributed by atoms with E-state index in [1.807, 2.05) is 6.92 Å². The van der Waals surface area contributed by atoms with Crippen LogP contribution < -0.4 is 15.4 Å². The summed E-state index contributed by atoms with van der Waals surface area (Å²) in [4.78, 5) is 4.59. The quantitative estimate of drug-likeness (QED) is 0.304. The average Bonchev–Trinajstić information content (AvgIpc) is 2.42. The first kappa shape index (κ1) is 20.2. The first-order valence-corrected chi connectivity index (χ1v) is 9.78. The van der Waals surface area contributed by atoms with Crippen molar-refractivity contribution in [2.75, 3.05) is 32.4 Å². The smallest absolute Gasteiger partial charge is 0.208 e. The van der Waals surface area contributed by atoms with Crippen LogP contribution in [0.3, 0.4) is 0 Å². The number of nitrogens with zero attached hydrogens (tertiary/aromatic N) is 1. The molecule has 0 radical (unpaired) electrons. The van der Waals surface area contributed by atoms with E-state index < -0.39 is 10.0 Å². The molecule has 0 rings (SSSR count). The van der Waals surface area contributed by atoms with E-state index in [0.717, 1.165) is 31.7 Å². The number of rotatable bonds is 11. The zero-order chi connectivity index (χ0) is 16.1. The van der Waals surface area contributed by atoms with E-state index in [2.05, 4.69) is 34.2 Å². The van der Waals surface area contributed by atoms with Crippen LogP contribution in [0.15, 0.2) is 4.99 Å². The number of aliphatic imine (C=N–C) groups is 1. The molecule has 0 heterocycles. The lowest BCUT2D eigenvalue weighted by molar-refractivity contribution is 0.461. The Morgan fingerprint density at radius 3 is 2.38 bits per heavy atom. The van der Waals surface area contributed by atoms with Crippen molar-refractivity contribution in [3.63, 3.8) is 0 Å². The molecule has 3 N–H and O–H groups in total. The van der Waals surface area contributed by atoms with Gasteiger partial charge in [-0.05, 0) is 19.3 Å². The van der Waals surface area contributed by atoms with Gasteiger partial charge in [0.15, 0.2) is 5.96 Å². The first-order valence-electron chi connectivity index (χ1n) is 7.89. The number of nitrogens with one attached hydrogen (secondary N) is 3. The van der Waals surface area contributed by atoms with Gasteiger partial charge in [0.1, 0.15) is 0 Å². The van der Waals surface area contributed by atoms with Gasteiger partial charge in [0.2, 0.25) is 10.0 Å². The molecule has 21 heavy (non-hydrogen) atoms. The summed E-state index contributed by atoms with van der Waals surface area (Å²) in [5.41, 5.74) is 0. The second-order valence-electron chi connectivity index (χ2n) is 5.23. The molecular weight excluding hydrogens is 288 g/mol. The van der Waals surface area contributed by atoms with Crippen LogP contribution in [0.4, 0.5) is 0 Å². The maximum absolute atomic E-state index is 11.0. The topological polar surface area (TPSA) is 82.6 Å². The third-order valence-electron chi connectivity index (χ3n) is 3.18. The maximum atomic E-state index is 11.0. The Balaban J connectivity index is 4.21. The zero-order valence-electron chi connectivity index (χ0n) is 13.9. The number of sulfonamides is 1. The van der Waals surface area contributed by atoms with Crippen molar-refractivity contribution in [1.82, 2.24) is 15.4 Å². The van der Waals surface area contributed by atoms with Crippen LogP contribution in [0.25, 0.3) is 0 Å². The van der Waals surface area contributed by atoms with Crippen molar-refractivity contribution in [3.8, 4) is 0 Å². The highest BCUT2D eigenvalue weighted by Gasteiger charge is 2.06. The minimum atomic E-state index is -3.12. The number of unbranched alkanes of at least 4 members (excludes halogenated alkanes) is 1. The lowest BCUT2D eigenvalue weighted by Gasteiger charge is -2.15. The van der Waals surface area contributed by atoms with Gasteiger partial charge in [-0.3, -0.25) is 4.99 Å². The van der Waals surface area contributed by atoms with Crippen LogP contribution >= 0.6 is 0 Å². The third kappa shape index (κ3) is 12.6. The van der Waals surface area contributed by atoms with Gasteiger partial charge in [-0.1, -0.05) is 33.1 Å². The van der Waals surface area contributed by atoms with Crippen molar-refractivity contribution in [3.05, 3.63) is 0 Å². The van der Waals surface area contributed by atoms with Crippen LogP contribution in [-0.4, -0.2) is 46.8 Å². The lowest BCUT2D eigenvalue weighted by atomic mass is 10.00. The predicted molar refractivity (Wildman–Crippen MR) is 90.1 cm³/mol. The Labute approximate surface area is 130 Å². The van der Waals surface area contributed by atoms with Gasteiger partial charge >= 0.3 is 0 Å².